The smallest absolute Gasteiger partial charge is 0.139 e. The molecule has 0 radical (unpaired) electrons. The van der Waals surface area contributed by atoms with Crippen LogP contribution in [-0.4, -0.2) is 0 Å². The minimum atomic E-state index is -0.348. The number of nitrogens with zero attached hydrogens (tertiary/aromatic N) is 1. The molecule has 8 aromatic carbocycles. The molecule has 1 aromatic heterocycles. The van der Waals surface area contributed by atoms with Crippen molar-refractivity contribution in [3.8, 4) is 22.3 Å². The van der Waals surface area contributed by atoms with Crippen molar-refractivity contribution in [1.82, 2.24) is 0 Å². The van der Waals surface area contributed by atoms with Crippen molar-refractivity contribution in [2.45, 2.75) is 12.3 Å². The van der Waals surface area contributed by atoms with Crippen LogP contribution in [0.25, 0.3) is 55.0 Å². The number of hydrogen-bond acceptors (Lipinski definition) is 2. The molecule has 0 atom stereocenters. The average molecular weight is 640 g/mol. The largest absolute Gasteiger partial charge is 0.456 e. The monoisotopic (exact) mass is 639 g/mol. The SMILES string of the molecule is CC1(c2cccc3c2oc2cc(N(c4ccc(-c5ccccc5)cc4)c4cccc5ccccc45)ccc23)c2ccccc2-c2ccccc21. The summed E-state index contributed by atoms with van der Waals surface area (Å²) in [5, 5.41) is 4.65. The Labute approximate surface area is 291 Å². The van der Waals surface area contributed by atoms with Crippen LogP contribution in [0.1, 0.15) is 23.6 Å². The molecule has 0 amide bonds. The molecule has 0 saturated heterocycles. The molecule has 0 fully saturated rings. The van der Waals surface area contributed by atoms with Crippen molar-refractivity contribution >= 4 is 49.8 Å². The second-order valence-corrected chi connectivity index (χ2v) is 13.4. The van der Waals surface area contributed by atoms with Crippen LogP contribution in [0, 0.1) is 0 Å². The van der Waals surface area contributed by atoms with Crippen molar-refractivity contribution < 1.29 is 4.42 Å². The van der Waals surface area contributed by atoms with Crippen molar-refractivity contribution in [3.05, 3.63) is 199 Å². The molecular formula is C48H33NO. The summed E-state index contributed by atoms with van der Waals surface area (Å²) in [6.07, 6.45) is 0. The standard InChI is InChI=1S/C48H33NO/c1-48(42-21-9-7-18-38(42)39-19-8-10-22-43(39)48)44-23-12-20-41-40-30-29-36(31-46(40)50-47(41)44)49(45-24-11-16-34-15-5-6-17-37(34)45)35-27-25-33(26-28-35)32-13-3-2-4-14-32/h2-31H,1H3. The second-order valence-electron chi connectivity index (χ2n) is 13.4. The first-order valence-electron chi connectivity index (χ1n) is 17.3. The van der Waals surface area contributed by atoms with Crippen LogP contribution in [0.2, 0.25) is 0 Å². The van der Waals surface area contributed by atoms with Crippen molar-refractivity contribution in [1.29, 1.82) is 0 Å². The van der Waals surface area contributed by atoms with Gasteiger partial charge in [-0.25, -0.2) is 0 Å². The summed E-state index contributed by atoms with van der Waals surface area (Å²) in [5.41, 5.74) is 13.5. The number of benzene rings is 8. The number of anilines is 3. The van der Waals surface area contributed by atoms with Gasteiger partial charge in [0.05, 0.1) is 5.69 Å². The van der Waals surface area contributed by atoms with E-state index in [9.17, 15) is 0 Å². The molecule has 9 aromatic rings. The summed E-state index contributed by atoms with van der Waals surface area (Å²) >= 11 is 0. The first kappa shape index (κ1) is 28.6. The lowest BCUT2D eigenvalue weighted by molar-refractivity contribution is 0.638. The maximum absolute atomic E-state index is 6.99. The Morgan fingerprint density at radius 2 is 1.02 bits per heavy atom. The van der Waals surface area contributed by atoms with Gasteiger partial charge >= 0.3 is 0 Å². The van der Waals surface area contributed by atoms with Gasteiger partial charge in [-0.1, -0.05) is 146 Å². The maximum atomic E-state index is 6.99. The first-order chi connectivity index (χ1) is 24.7. The van der Waals surface area contributed by atoms with Gasteiger partial charge in [0, 0.05) is 44.6 Å². The highest BCUT2D eigenvalue weighted by atomic mass is 16.3. The molecule has 236 valence electrons. The fraction of sp³-hybridized carbons (Fsp3) is 0.0417. The summed E-state index contributed by atoms with van der Waals surface area (Å²) in [4.78, 5) is 2.36. The quantitative estimate of drug-likeness (QED) is 0.186. The summed E-state index contributed by atoms with van der Waals surface area (Å²) < 4.78 is 6.99. The summed E-state index contributed by atoms with van der Waals surface area (Å²) in [5.74, 6) is 0. The molecule has 0 spiro atoms. The predicted molar refractivity (Wildman–Crippen MR) is 209 cm³/mol. The zero-order valence-electron chi connectivity index (χ0n) is 27.7. The van der Waals surface area contributed by atoms with Gasteiger partial charge in [-0.2, -0.15) is 0 Å². The molecule has 0 saturated carbocycles. The molecule has 0 bridgehead atoms. The minimum Gasteiger partial charge on any atom is -0.456 e. The van der Waals surface area contributed by atoms with Crippen molar-refractivity contribution in [2.75, 3.05) is 4.90 Å². The Hall–Kier alpha value is -6.38. The Morgan fingerprint density at radius 3 is 1.80 bits per heavy atom. The maximum Gasteiger partial charge on any atom is 0.139 e. The molecule has 2 nitrogen and oxygen atoms in total. The van der Waals surface area contributed by atoms with Crippen LogP contribution in [0.4, 0.5) is 17.1 Å². The second kappa shape index (κ2) is 11.1. The Kier molecular flexibility index (Phi) is 6.34. The van der Waals surface area contributed by atoms with E-state index in [1.165, 1.54) is 49.7 Å². The van der Waals surface area contributed by atoms with Crippen molar-refractivity contribution in [3.63, 3.8) is 0 Å². The molecule has 50 heavy (non-hydrogen) atoms. The van der Waals surface area contributed by atoms with E-state index < -0.39 is 0 Å². The molecule has 0 N–H and O–H groups in total. The third-order valence-electron chi connectivity index (χ3n) is 10.7. The first-order valence-corrected chi connectivity index (χ1v) is 17.3. The van der Waals surface area contributed by atoms with Gasteiger partial charge in [0.2, 0.25) is 0 Å². The third kappa shape index (κ3) is 4.22. The molecule has 2 heteroatoms. The predicted octanol–water partition coefficient (Wildman–Crippen LogP) is 13.2. The van der Waals surface area contributed by atoms with Crippen molar-refractivity contribution in [2.24, 2.45) is 0 Å². The summed E-state index contributed by atoms with van der Waals surface area (Å²) in [7, 11) is 0. The zero-order valence-corrected chi connectivity index (χ0v) is 27.7. The molecule has 1 aliphatic carbocycles. The van der Waals surface area contributed by atoms with E-state index in [0.717, 1.165) is 39.0 Å². The summed E-state index contributed by atoms with van der Waals surface area (Å²) in [6, 6.07) is 65.5. The lowest BCUT2D eigenvalue weighted by atomic mass is 9.74. The lowest BCUT2D eigenvalue weighted by Gasteiger charge is -2.28. The van der Waals surface area contributed by atoms with Gasteiger partial charge in [0.15, 0.2) is 0 Å². The van der Waals surface area contributed by atoms with Gasteiger partial charge in [0.1, 0.15) is 11.2 Å². The topological polar surface area (TPSA) is 16.4 Å². The van der Waals surface area contributed by atoms with E-state index in [1.807, 2.05) is 0 Å². The number of para-hydroxylation sites is 1. The minimum absolute atomic E-state index is 0.348. The highest BCUT2D eigenvalue weighted by Crippen LogP contribution is 2.54. The van der Waals surface area contributed by atoms with Gasteiger partial charge in [0.25, 0.3) is 0 Å². The molecule has 10 rings (SSSR count). The highest BCUT2D eigenvalue weighted by Gasteiger charge is 2.42. The average Bonchev–Trinajstić information content (AvgIpc) is 3.69. The third-order valence-corrected chi connectivity index (χ3v) is 10.7. The number of hydrogen-bond donors (Lipinski definition) is 0. The van der Waals surface area contributed by atoms with Crippen LogP contribution in [0.5, 0.6) is 0 Å². The normalized spacial score (nSPS) is 13.1. The van der Waals surface area contributed by atoms with Gasteiger partial charge < -0.3 is 9.32 Å². The van der Waals surface area contributed by atoms with E-state index in [1.54, 1.807) is 0 Å². The van der Waals surface area contributed by atoms with Gasteiger partial charge in [-0.15, -0.1) is 0 Å². The Morgan fingerprint density at radius 1 is 0.440 bits per heavy atom. The van der Waals surface area contributed by atoms with E-state index in [2.05, 4.69) is 194 Å². The highest BCUT2D eigenvalue weighted by molar-refractivity contribution is 6.08. The Bertz CT molecular complexity index is 2670. The van der Waals surface area contributed by atoms with E-state index in [-0.39, 0.29) is 5.41 Å². The van der Waals surface area contributed by atoms with E-state index >= 15 is 0 Å². The molecule has 0 unspecified atom stereocenters. The van der Waals surface area contributed by atoms with Crippen LogP contribution < -0.4 is 4.90 Å². The van der Waals surface area contributed by atoms with E-state index in [0.29, 0.717) is 0 Å². The lowest BCUT2D eigenvalue weighted by Crippen LogP contribution is -2.22. The van der Waals surface area contributed by atoms with E-state index in [4.69, 9.17) is 4.42 Å². The molecule has 1 heterocycles. The molecule has 0 aliphatic heterocycles. The Balaban J connectivity index is 1.16. The zero-order chi connectivity index (χ0) is 33.2. The number of furan rings is 1. The van der Waals surface area contributed by atoms with Gasteiger partial charge in [-0.3, -0.25) is 0 Å². The van der Waals surface area contributed by atoms with Crippen LogP contribution in [-0.2, 0) is 5.41 Å². The number of rotatable bonds is 5. The fourth-order valence-corrected chi connectivity index (χ4v) is 8.33. The molecular weight excluding hydrogens is 607 g/mol. The van der Waals surface area contributed by atoms with Gasteiger partial charge in [-0.05, 0) is 76.0 Å². The van der Waals surface area contributed by atoms with Crippen LogP contribution >= 0.6 is 0 Å². The summed E-state index contributed by atoms with van der Waals surface area (Å²) in [6.45, 7) is 2.35. The van der Waals surface area contributed by atoms with Crippen LogP contribution in [0.15, 0.2) is 186 Å². The fourth-order valence-electron chi connectivity index (χ4n) is 8.33. The van der Waals surface area contributed by atoms with Crippen LogP contribution in [0.3, 0.4) is 0 Å². The number of fused-ring (bicyclic) bond motifs is 7. The molecule has 1 aliphatic rings.